The number of hydrogen-bond acceptors (Lipinski definition) is 11. The molecule has 3 aliphatic rings. The van der Waals surface area contributed by atoms with Crippen LogP contribution >= 0.6 is 0 Å². The Morgan fingerprint density at radius 2 is 1.63 bits per heavy atom. The van der Waals surface area contributed by atoms with Crippen LogP contribution in [0.3, 0.4) is 0 Å². The number of carboxylic acids is 1. The molecule has 3 aromatic rings. The number of aliphatic carboxylic acids is 1. The fourth-order valence-electron chi connectivity index (χ4n) is 5.61. The molecule has 0 saturated carbocycles. The molecular weight excluding hydrogens is 540 g/mol. The van der Waals surface area contributed by atoms with Crippen LogP contribution in [-0.4, -0.2) is 82.7 Å². The minimum absolute atomic E-state index is 0.0831. The van der Waals surface area contributed by atoms with Crippen molar-refractivity contribution in [1.82, 2.24) is 0 Å². The van der Waals surface area contributed by atoms with Crippen LogP contribution < -0.4 is 23.7 Å². The van der Waals surface area contributed by atoms with Crippen LogP contribution in [0.2, 0.25) is 0 Å². The molecule has 0 aromatic heterocycles. The molecule has 1 saturated heterocycles. The van der Waals surface area contributed by atoms with Crippen molar-refractivity contribution in [2.24, 2.45) is 0 Å². The SMILES string of the molecule is COc1ccc2c(c1OC)O[C@@H]1c3c(cc(O[C@H]4O[C@H](C(=O)O)[C@@H](O)[C@H](O)[C@H]4O)cc3-c3ccccc3)O[C@H](O)[C@@H]21. The van der Waals surface area contributed by atoms with E-state index in [2.05, 4.69) is 0 Å². The molecule has 12 heteroatoms. The molecule has 3 heterocycles. The van der Waals surface area contributed by atoms with Gasteiger partial charge in [0.1, 0.15) is 35.9 Å². The molecule has 3 aliphatic heterocycles. The summed E-state index contributed by atoms with van der Waals surface area (Å²) in [4.78, 5) is 11.6. The standard InChI is InChI=1S/C29H28O12/c1-36-16-9-8-14-19-25(40-23(14)24(16)37-2)18-15(12-6-4-3-5-7-12)10-13(11-17(18)39-28(19)35)38-29-22(32)20(30)21(31)26(41-29)27(33)34/h3-11,19-22,25-26,28-32,35H,1-2H3,(H,33,34)/t19-,20-,21-,22+,25+,26-,28-,29-/m0/s1. The van der Waals surface area contributed by atoms with Gasteiger partial charge in [0.25, 0.3) is 0 Å². The fourth-order valence-corrected chi connectivity index (χ4v) is 5.61. The summed E-state index contributed by atoms with van der Waals surface area (Å²) in [6, 6.07) is 15.9. The summed E-state index contributed by atoms with van der Waals surface area (Å²) in [7, 11) is 3.01. The van der Waals surface area contributed by atoms with Crippen molar-refractivity contribution < 1.29 is 58.7 Å². The molecule has 5 N–H and O–H groups in total. The monoisotopic (exact) mass is 568 g/mol. The maximum absolute atomic E-state index is 11.6. The van der Waals surface area contributed by atoms with Gasteiger partial charge in [-0.15, -0.1) is 0 Å². The Balaban J connectivity index is 1.44. The third kappa shape index (κ3) is 4.40. The summed E-state index contributed by atoms with van der Waals surface area (Å²) in [6.07, 6.45) is -10.9. The summed E-state index contributed by atoms with van der Waals surface area (Å²) in [5.74, 6) is -0.577. The lowest BCUT2D eigenvalue weighted by Crippen LogP contribution is -2.61. The van der Waals surface area contributed by atoms with E-state index in [4.69, 9.17) is 28.4 Å². The summed E-state index contributed by atoms with van der Waals surface area (Å²) in [5, 5.41) is 51.3. The molecule has 0 amide bonds. The molecule has 8 atom stereocenters. The van der Waals surface area contributed by atoms with Gasteiger partial charge in [-0.2, -0.15) is 0 Å². The highest BCUT2D eigenvalue weighted by molar-refractivity contribution is 5.75. The first-order valence-corrected chi connectivity index (χ1v) is 12.8. The Hall–Kier alpha value is -4.07. The molecule has 3 aromatic carbocycles. The second-order valence-electron chi connectivity index (χ2n) is 9.89. The zero-order valence-electron chi connectivity index (χ0n) is 21.9. The Labute approximate surface area is 233 Å². The highest BCUT2D eigenvalue weighted by Crippen LogP contribution is 2.59. The van der Waals surface area contributed by atoms with Crippen LogP contribution in [0.15, 0.2) is 54.6 Å². The number of rotatable bonds is 6. The molecule has 1 fully saturated rings. The lowest BCUT2D eigenvalue weighted by atomic mass is 9.84. The third-order valence-electron chi connectivity index (χ3n) is 7.57. The van der Waals surface area contributed by atoms with Gasteiger partial charge in [-0.25, -0.2) is 4.79 Å². The van der Waals surface area contributed by atoms with Gasteiger partial charge in [0, 0.05) is 17.2 Å². The molecule has 216 valence electrons. The number of carbonyl (C=O) groups is 1. The molecular formula is C29H28O12. The van der Waals surface area contributed by atoms with E-state index in [1.54, 1.807) is 18.2 Å². The van der Waals surface area contributed by atoms with Crippen molar-refractivity contribution in [1.29, 1.82) is 0 Å². The third-order valence-corrected chi connectivity index (χ3v) is 7.57. The molecule has 6 rings (SSSR count). The van der Waals surface area contributed by atoms with Crippen LogP contribution in [0.5, 0.6) is 28.7 Å². The predicted molar refractivity (Wildman–Crippen MR) is 139 cm³/mol. The van der Waals surface area contributed by atoms with E-state index < -0.39 is 55.0 Å². The van der Waals surface area contributed by atoms with E-state index in [1.807, 2.05) is 30.3 Å². The quantitative estimate of drug-likeness (QED) is 0.291. The number of benzene rings is 3. The van der Waals surface area contributed by atoms with Crippen molar-refractivity contribution in [3.63, 3.8) is 0 Å². The second-order valence-corrected chi connectivity index (χ2v) is 9.89. The molecule has 0 radical (unpaired) electrons. The molecule has 0 unspecified atom stereocenters. The second kappa shape index (κ2) is 10.4. The van der Waals surface area contributed by atoms with Crippen LogP contribution in [-0.2, 0) is 9.53 Å². The van der Waals surface area contributed by atoms with E-state index >= 15 is 0 Å². The van der Waals surface area contributed by atoms with Crippen molar-refractivity contribution in [2.45, 2.75) is 49.0 Å². The Kier molecular flexibility index (Phi) is 6.88. The van der Waals surface area contributed by atoms with Crippen molar-refractivity contribution in [3.05, 3.63) is 65.7 Å². The van der Waals surface area contributed by atoms with Gasteiger partial charge in [-0.05, 0) is 23.3 Å². The number of ether oxygens (including phenoxy) is 6. The van der Waals surface area contributed by atoms with Gasteiger partial charge >= 0.3 is 5.97 Å². The number of hydrogen-bond donors (Lipinski definition) is 5. The van der Waals surface area contributed by atoms with Gasteiger partial charge < -0.3 is 54.0 Å². The van der Waals surface area contributed by atoms with Gasteiger partial charge in [0.05, 0.1) is 20.1 Å². The van der Waals surface area contributed by atoms with E-state index in [1.165, 1.54) is 20.3 Å². The first-order valence-electron chi connectivity index (χ1n) is 12.8. The molecule has 12 nitrogen and oxygen atoms in total. The van der Waals surface area contributed by atoms with Gasteiger partial charge in [-0.3, -0.25) is 0 Å². The number of aliphatic hydroxyl groups is 4. The Morgan fingerprint density at radius 3 is 2.32 bits per heavy atom. The Morgan fingerprint density at radius 1 is 0.878 bits per heavy atom. The topological polar surface area (TPSA) is 174 Å². The normalized spacial score (nSPS) is 29.7. The van der Waals surface area contributed by atoms with Gasteiger partial charge in [-0.1, -0.05) is 36.4 Å². The molecule has 0 bridgehead atoms. The lowest BCUT2D eigenvalue weighted by Gasteiger charge is -2.39. The van der Waals surface area contributed by atoms with Gasteiger partial charge in [0.15, 0.2) is 17.6 Å². The predicted octanol–water partition coefficient (Wildman–Crippen LogP) is 1.57. The number of aliphatic hydroxyl groups excluding tert-OH is 4. The average Bonchev–Trinajstić information content (AvgIpc) is 3.37. The van der Waals surface area contributed by atoms with Crippen LogP contribution in [0, 0.1) is 0 Å². The summed E-state index contributed by atoms with van der Waals surface area (Å²) in [5.41, 5.74) is 2.65. The molecule has 41 heavy (non-hydrogen) atoms. The molecule has 0 aliphatic carbocycles. The summed E-state index contributed by atoms with van der Waals surface area (Å²) in [6.45, 7) is 0. The van der Waals surface area contributed by atoms with Crippen molar-refractivity contribution >= 4 is 5.97 Å². The first kappa shape index (κ1) is 27.1. The highest BCUT2D eigenvalue weighted by atomic mass is 16.7. The minimum Gasteiger partial charge on any atom is -0.493 e. The zero-order valence-corrected chi connectivity index (χ0v) is 21.9. The molecule has 0 spiro atoms. The number of carboxylic acid groups (broad SMARTS) is 1. The maximum atomic E-state index is 11.6. The van der Waals surface area contributed by atoms with Crippen molar-refractivity contribution in [2.75, 3.05) is 14.2 Å². The summed E-state index contributed by atoms with van der Waals surface area (Å²) >= 11 is 0. The van der Waals surface area contributed by atoms with Gasteiger partial charge in [0.2, 0.25) is 18.3 Å². The maximum Gasteiger partial charge on any atom is 0.335 e. The summed E-state index contributed by atoms with van der Waals surface area (Å²) < 4.78 is 34.5. The lowest BCUT2D eigenvalue weighted by molar-refractivity contribution is -0.271. The zero-order chi connectivity index (χ0) is 29.0. The van der Waals surface area contributed by atoms with E-state index in [0.717, 1.165) is 5.56 Å². The number of fused-ring (bicyclic) bond motifs is 5. The van der Waals surface area contributed by atoms with E-state index in [9.17, 15) is 30.3 Å². The van der Waals surface area contributed by atoms with Crippen LogP contribution in [0.25, 0.3) is 11.1 Å². The van der Waals surface area contributed by atoms with Crippen molar-refractivity contribution in [3.8, 4) is 39.9 Å². The van der Waals surface area contributed by atoms with E-state index in [0.29, 0.717) is 33.9 Å². The van der Waals surface area contributed by atoms with Crippen LogP contribution in [0.4, 0.5) is 0 Å². The number of methoxy groups -OCH3 is 2. The largest absolute Gasteiger partial charge is 0.493 e. The van der Waals surface area contributed by atoms with E-state index in [-0.39, 0.29) is 11.5 Å². The first-order chi connectivity index (χ1) is 19.7. The minimum atomic E-state index is -1.86. The highest BCUT2D eigenvalue weighted by Gasteiger charge is 2.50. The average molecular weight is 569 g/mol. The van der Waals surface area contributed by atoms with Crippen LogP contribution in [0.1, 0.15) is 23.1 Å². The smallest absolute Gasteiger partial charge is 0.335 e. The Bertz CT molecular complexity index is 1460. The fraction of sp³-hybridized carbons (Fsp3) is 0.345.